The van der Waals surface area contributed by atoms with Gasteiger partial charge in [0.25, 0.3) is 0 Å². The molecule has 2 amide bonds. The molecule has 0 aromatic heterocycles. The molecule has 0 fully saturated rings. The third-order valence-electron chi connectivity index (χ3n) is 1.98. The molecule has 0 aliphatic carbocycles. The first-order valence-electron chi connectivity index (χ1n) is 4.93. The number of halogens is 1. The fraction of sp³-hybridized carbons (Fsp3) is 0.364. The summed E-state index contributed by atoms with van der Waals surface area (Å²) in [7, 11) is 1.56. The zero-order chi connectivity index (χ0) is 12.0. The van der Waals surface area contributed by atoms with Crippen molar-refractivity contribution in [3.63, 3.8) is 0 Å². The van der Waals surface area contributed by atoms with Gasteiger partial charge in [0.2, 0.25) is 0 Å². The highest BCUT2D eigenvalue weighted by molar-refractivity contribution is 6.18. The molecule has 0 heterocycles. The number of anilines is 1. The quantitative estimate of drug-likeness (QED) is 0.797. The van der Waals surface area contributed by atoms with Crippen LogP contribution < -0.4 is 15.4 Å². The van der Waals surface area contributed by atoms with Crippen LogP contribution in [0.5, 0.6) is 5.75 Å². The van der Waals surface area contributed by atoms with Gasteiger partial charge in [0.1, 0.15) is 5.75 Å². The second kappa shape index (κ2) is 6.23. The van der Waals surface area contributed by atoms with Gasteiger partial charge in [-0.25, -0.2) is 4.79 Å². The minimum Gasteiger partial charge on any atom is -0.495 e. The van der Waals surface area contributed by atoms with Crippen molar-refractivity contribution in [2.75, 3.05) is 24.9 Å². The molecule has 2 N–H and O–H groups in total. The van der Waals surface area contributed by atoms with Crippen LogP contribution in [-0.2, 0) is 0 Å². The molecule has 0 aliphatic heterocycles. The molecule has 0 atom stereocenters. The Morgan fingerprint density at radius 3 is 2.88 bits per heavy atom. The van der Waals surface area contributed by atoms with E-state index in [0.29, 0.717) is 23.9 Å². The molecule has 1 aromatic rings. The van der Waals surface area contributed by atoms with Crippen molar-refractivity contribution in [1.82, 2.24) is 5.32 Å². The number of carbonyl (C=O) groups is 1. The molecule has 0 aliphatic rings. The van der Waals surface area contributed by atoms with Crippen LogP contribution in [0.25, 0.3) is 0 Å². The monoisotopic (exact) mass is 242 g/mol. The number of hydrogen-bond donors (Lipinski definition) is 2. The Morgan fingerprint density at radius 2 is 2.25 bits per heavy atom. The second-order valence-electron chi connectivity index (χ2n) is 3.27. The first-order valence-corrected chi connectivity index (χ1v) is 5.46. The Hall–Kier alpha value is -1.42. The molecule has 1 rings (SSSR count). The number of amides is 2. The molecule has 0 unspecified atom stereocenters. The minimum atomic E-state index is -0.287. The van der Waals surface area contributed by atoms with E-state index < -0.39 is 0 Å². The zero-order valence-electron chi connectivity index (χ0n) is 9.34. The molecule has 0 saturated carbocycles. The zero-order valence-corrected chi connectivity index (χ0v) is 10.1. The molecule has 88 valence electrons. The first kappa shape index (κ1) is 12.6. The van der Waals surface area contributed by atoms with Crippen LogP contribution in [-0.4, -0.2) is 25.6 Å². The summed E-state index contributed by atoms with van der Waals surface area (Å²) in [4.78, 5) is 11.4. The Kier molecular flexibility index (Phi) is 4.92. The number of urea groups is 1. The molecular weight excluding hydrogens is 228 g/mol. The highest BCUT2D eigenvalue weighted by Crippen LogP contribution is 2.24. The van der Waals surface area contributed by atoms with Gasteiger partial charge in [-0.2, -0.15) is 0 Å². The van der Waals surface area contributed by atoms with Gasteiger partial charge in [-0.05, 0) is 24.6 Å². The lowest BCUT2D eigenvalue weighted by molar-refractivity contribution is 0.252. The van der Waals surface area contributed by atoms with E-state index >= 15 is 0 Å². The van der Waals surface area contributed by atoms with E-state index in [1.54, 1.807) is 7.11 Å². The lowest BCUT2D eigenvalue weighted by atomic mass is 10.2. The maximum Gasteiger partial charge on any atom is 0.319 e. The molecule has 1 aromatic carbocycles. The summed E-state index contributed by atoms with van der Waals surface area (Å²) in [5.41, 5.74) is 1.70. The number of carbonyl (C=O) groups excluding carboxylic acids is 1. The van der Waals surface area contributed by atoms with Crippen molar-refractivity contribution < 1.29 is 9.53 Å². The predicted molar refractivity (Wildman–Crippen MR) is 65.5 cm³/mol. The lowest BCUT2D eigenvalue weighted by Gasteiger charge is -2.11. The highest BCUT2D eigenvalue weighted by Gasteiger charge is 2.06. The van der Waals surface area contributed by atoms with E-state index in [-0.39, 0.29) is 6.03 Å². The number of hydrogen-bond acceptors (Lipinski definition) is 2. The number of benzene rings is 1. The van der Waals surface area contributed by atoms with Crippen LogP contribution in [0.3, 0.4) is 0 Å². The van der Waals surface area contributed by atoms with Crippen molar-refractivity contribution in [2.24, 2.45) is 0 Å². The molecule has 16 heavy (non-hydrogen) atoms. The number of rotatable bonds is 4. The lowest BCUT2D eigenvalue weighted by Crippen LogP contribution is -2.30. The van der Waals surface area contributed by atoms with Gasteiger partial charge in [-0.3, -0.25) is 0 Å². The van der Waals surface area contributed by atoms with E-state index in [1.165, 1.54) is 0 Å². The fourth-order valence-corrected chi connectivity index (χ4v) is 1.34. The topological polar surface area (TPSA) is 50.4 Å². The number of methoxy groups -OCH3 is 1. The average Bonchev–Trinajstić information content (AvgIpc) is 2.27. The Bertz CT molecular complexity index is 369. The molecule has 0 radical (unpaired) electrons. The van der Waals surface area contributed by atoms with E-state index in [1.807, 2.05) is 25.1 Å². The number of ether oxygens (including phenoxy) is 1. The van der Waals surface area contributed by atoms with Gasteiger partial charge in [0.05, 0.1) is 12.8 Å². The SMILES string of the molecule is COc1ccc(C)cc1NC(=O)NCCCl. The summed E-state index contributed by atoms with van der Waals surface area (Å²) in [6.45, 7) is 2.38. The normalized spacial score (nSPS) is 9.69. The molecule has 0 bridgehead atoms. The molecule has 5 heteroatoms. The van der Waals surface area contributed by atoms with Crippen molar-refractivity contribution in [3.8, 4) is 5.75 Å². The average molecular weight is 243 g/mol. The standard InChI is InChI=1S/C11H15ClN2O2/c1-8-3-4-10(16-2)9(7-8)14-11(15)13-6-5-12/h3-4,7H,5-6H2,1-2H3,(H2,13,14,15). The van der Waals surface area contributed by atoms with E-state index in [9.17, 15) is 4.79 Å². The largest absolute Gasteiger partial charge is 0.495 e. The van der Waals surface area contributed by atoms with Gasteiger partial charge in [-0.15, -0.1) is 11.6 Å². The first-order chi connectivity index (χ1) is 7.67. The molecular formula is C11H15ClN2O2. The molecule has 0 spiro atoms. The van der Waals surface area contributed by atoms with Crippen LogP contribution >= 0.6 is 11.6 Å². The van der Waals surface area contributed by atoms with Crippen molar-refractivity contribution in [1.29, 1.82) is 0 Å². The minimum absolute atomic E-state index is 0.287. The van der Waals surface area contributed by atoms with Gasteiger partial charge in [0.15, 0.2) is 0 Å². The fourth-order valence-electron chi connectivity index (χ4n) is 1.25. The summed E-state index contributed by atoms with van der Waals surface area (Å²) in [6, 6.07) is 5.29. The Morgan fingerprint density at radius 1 is 1.50 bits per heavy atom. The van der Waals surface area contributed by atoms with Crippen LogP contribution in [0.2, 0.25) is 0 Å². The summed E-state index contributed by atoms with van der Waals surface area (Å²) < 4.78 is 5.14. The summed E-state index contributed by atoms with van der Waals surface area (Å²) in [5, 5.41) is 5.32. The highest BCUT2D eigenvalue weighted by atomic mass is 35.5. The van der Waals surface area contributed by atoms with E-state index in [0.717, 1.165) is 5.56 Å². The van der Waals surface area contributed by atoms with Crippen molar-refractivity contribution >= 4 is 23.3 Å². The van der Waals surface area contributed by atoms with E-state index in [4.69, 9.17) is 16.3 Å². The van der Waals surface area contributed by atoms with Gasteiger partial charge in [-0.1, -0.05) is 6.07 Å². The predicted octanol–water partition coefficient (Wildman–Crippen LogP) is 2.36. The molecule has 4 nitrogen and oxygen atoms in total. The number of aryl methyl sites for hydroxylation is 1. The number of alkyl halides is 1. The van der Waals surface area contributed by atoms with Crippen LogP contribution in [0.4, 0.5) is 10.5 Å². The summed E-state index contributed by atoms with van der Waals surface area (Å²) in [6.07, 6.45) is 0. The van der Waals surface area contributed by atoms with Crippen molar-refractivity contribution in [3.05, 3.63) is 23.8 Å². The maximum absolute atomic E-state index is 11.4. The summed E-state index contributed by atoms with van der Waals surface area (Å²) in [5.74, 6) is 1.02. The molecule has 0 saturated heterocycles. The van der Waals surface area contributed by atoms with Crippen LogP contribution in [0.1, 0.15) is 5.56 Å². The third kappa shape index (κ3) is 3.62. The number of nitrogens with one attached hydrogen (secondary N) is 2. The third-order valence-corrected chi connectivity index (χ3v) is 2.17. The van der Waals surface area contributed by atoms with Crippen molar-refractivity contribution in [2.45, 2.75) is 6.92 Å². The van der Waals surface area contributed by atoms with Gasteiger partial charge in [0, 0.05) is 12.4 Å². The van der Waals surface area contributed by atoms with Crippen LogP contribution in [0.15, 0.2) is 18.2 Å². The van der Waals surface area contributed by atoms with E-state index in [2.05, 4.69) is 10.6 Å². The second-order valence-corrected chi connectivity index (χ2v) is 3.65. The van der Waals surface area contributed by atoms with Crippen LogP contribution in [0, 0.1) is 6.92 Å². The van der Waals surface area contributed by atoms with Gasteiger partial charge >= 0.3 is 6.03 Å². The Labute approximate surface area is 99.9 Å². The van der Waals surface area contributed by atoms with Gasteiger partial charge < -0.3 is 15.4 Å². The summed E-state index contributed by atoms with van der Waals surface area (Å²) >= 11 is 5.47. The Balaban J connectivity index is 2.71. The smallest absolute Gasteiger partial charge is 0.319 e. The maximum atomic E-state index is 11.4.